The van der Waals surface area contributed by atoms with Gasteiger partial charge < -0.3 is 15.4 Å². The molecule has 0 unspecified atom stereocenters. The highest BCUT2D eigenvalue weighted by Crippen LogP contribution is 2.26. The Labute approximate surface area is 125 Å². The lowest BCUT2D eigenvalue weighted by atomic mass is 9.98. The van der Waals surface area contributed by atoms with Crippen LogP contribution in [0.15, 0.2) is 18.2 Å². The number of non-ortho nitro benzene ring substituents is 1. The Hall–Kier alpha value is -1.82. The van der Waals surface area contributed by atoms with Crippen LogP contribution < -0.4 is 15.4 Å². The summed E-state index contributed by atoms with van der Waals surface area (Å²) >= 11 is 0. The van der Waals surface area contributed by atoms with Crippen molar-refractivity contribution in [2.75, 3.05) is 31.6 Å². The van der Waals surface area contributed by atoms with Crippen molar-refractivity contribution < 1.29 is 9.66 Å². The van der Waals surface area contributed by atoms with Crippen LogP contribution in [-0.4, -0.2) is 31.2 Å². The van der Waals surface area contributed by atoms with E-state index >= 15 is 0 Å². The third-order valence-corrected chi connectivity index (χ3v) is 3.63. The lowest BCUT2D eigenvalue weighted by molar-refractivity contribution is -0.384. The van der Waals surface area contributed by atoms with E-state index in [2.05, 4.69) is 10.6 Å². The van der Waals surface area contributed by atoms with E-state index in [9.17, 15) is 10.1 Å². The van der Waals surface area contributed by atoms with E-state index in [1.54, 1.807) is 6.07 Å². The number of anilines is 1. The van der Waals surface area contributed by atoms with Gasteiger partial charge in [-0.2, -0.15) is 0 Å². The number of nitrogens with one attached hydrogen (secondary N) is 2. The Morgan fingerprint density at radius 2 is 2.14 bits per heavy atom. The van der Waals surface area contributed by atoms with Crippen LogP contribution >= 0.6 is 0 Å². The largest absolute Gasteiger partial charge is 0.493 e. The highest BCUT2D eigenvalue weighted by Gasteiger charge is 2.14. The Balaban J connectivity index is 2.02. The van der Waals surface area contributed by atoms with Crippen molar-refractivity contribution in [3.8, 4) is 5.75 Å². The highest BCUT2D eigenvalue weighted by molar-refractivity contribution is 5.56. The molecule has 0 radical (unpaired) electrons. The minimum Gasteiger partial charge on any atom is -0.493 e. The first-order valence-electron chi connectivity index (χ1n) is 7.56. The maximum Gasteiger partial charge on any atom is 0.275 e. The average molecular weight is 293 g/mol. The third-order valence-electron chi connectivity index (χ3n) is 3.63. The molecule has 1 aliphatic heterocycles. The summed E-state index contributed by atoms with van der Waals surface area (Å²) in [5.41, 5.74) is 0.824. The summed E-state index contributed by atoms with van der Waals surface area (Å²) in [7, 11) is 0. The SMILES string of the molecule is CCCOc1cc(NCC2CCNCC2)cc([N+](=O)[O-])c1. The van der Waals surface area contributed by atoms with E-state index in [1.165, 1.54) is 6.07 Å². The lowest BCUT2D eigenvalue weighted by Crippen LogP contribution is -2.31. The van der Waals surface area contributed by atoms with Crippen molar-refractivity contribution in [3.05, 3.63) is 28.3 Å². The fourth-order valence-corrected chi connectivity index (χ4v) is 2.44. The highest BCUT2D eigenvalue weighted by atomic mass is 16.6. The molecule has 1 saturated heterocycles. The summed E-state index contributed by atoms with van der Waals surface area (Å²) in [4.78, 5) is 10.6. The molecular weight excluding hydrogens is 270 g/mol. The van der Waals surface area contributed by atoms with Gasteiger partial charge >= 0.3 is 0 Å². The molecule has 116 valence electrons. The van der Waals surface area contributed by atoms with Crippen LogP contribution in [0.3, 0.4) is 0 Å². The van der Waals surface area contributed by atoms with E-state index in [1.807, 2.05) is 13.0 Å². The minimum atomic E-state index is -0.380. The van der Waals surface area contributed by atoms with Crippen molar-refractivity contribution in [1.29, 1.82) is 0 Å². The summed E-state index contributed by atoms with van der Waals surface area (Å²) in [5.74, 6) is 1.17. The topological polar surface area (TPSA) is 76.4 Å². The number of hydrogen-bond donors (Lipinski definition) is 2. The van der Waals surface area contributed by atoms with Crippen molar-refractivity contribution in [1.82, 2.24) is 5.32 Å². The summed E-state index contributed by atoms with van der Waals surface area (Å²) in [5, 5.41) is 17.6. The quantitative estimate of drug-likeness (QED) is 0.597. The van der Waals surface area contributed by atoms with E-state index in [0.29, 0.717) is 18.3 Å². The van der Waals surface area contributed by atoms with E-state index < -0.39 is 0 Å². The van der Waals surface area contributed by atoms with Gasteiger partial charge in [0.15, 0.2) is 0 Å². The normalized spacial score (nSPS) is 15.7. The average Bonchev–Trinajstić information content (AvgIpc) is 2.51. The molecule has 2 N–H and O–H groups in total. The van der Waals surface area contributed by atoms with Gasteiger partial charge in [-0.1, -0.05) is 6.92 Å². The maximum atomic E-state index is 11.0. The Morgan fingerprint density at radius 3 is 2.81 bits per heavy atom. The number of piperidine rings is 1. The van der Waals surface area contributed by atoms with Crippen LogP contribution in [0, 0.1) is 16.0 Å². The molecule has 6 heteroatoms. The molecule has 6 nitrogen and oxygen atoms in total. The molecular formula is C15H23N3O3. The number of ether oxygens (including phenoxy) is 1. The molecule has 1 aromatic carbocycles. The van der Waals surface area contributed by atoms with Crippen LogP contribution in [0.5, 0.6) is 5.75 Å². The fourth-order valence-electron chi connectivity index (χ4n) is 2.44. The zero-order valence-corrected chi connectivity index (χ0v) is 12.4. The van der Waals surface area contributed by atoms with E-state index in [-0.39, 0.29) is 10.6 Å². The number of nitrogens with zero attached hydrogens (tertiary/aromatic N) is 1. The van der Waals surface area contributed by atoms with Crippen LogP contribution in [0.4, 0.5) is 11.4 Å². The fraction of sp³-hybridized carbons (Fsp3) is 0.600. The second-order valence-electron chi connectivity index (χ2n) is 5.40. The molecule has 2 rings (SSSR count). The predicted molar refractivity (Wildman–Crippen MR) is 83.0 cm³/mol. The number of benzene rings is 1. The second kappa shape index (κ2) is 7.83. The summed E-state index contributed by atoms with van der Waals surface area (Å²) in [6.45, 7) is 5.51. The van der Waals surface area contributed by atoms with Gasteiger partial charge in [0.1, 0.15) is 5.75 Å². The molecule has 0 amide bonds. The van der Waals surface area contributed by atoms with Gasteiger partial charge in [0.05, 0.1) is 17.6 Å². The first-order chi connectivity index (χ1) is 10.2. The summed E-state index contributed by atoms with van der Waals surface area (Å²) in [6.07, 6.45) is 3.16. The summed E-state index contributed by atoms with van der Waals surface area (Å²) in [6, 6.07) is 4.88. The zero-order chi connectivity index (χ0) is 15.1. The smallest absolute Gasteiger partial charge is 0.275 e. The number of hydrogen-bond acceptors (Lipinski definition) is 5. The molecule has 0 aromatic heterocycles. The molecule has 1 heterocycles. The summed E-state index contributed by atoms with van der Waals surface area (Å²) < 4.78 is 5.52. The van der Waals surface area contributed by atoms with Crippen molar-refractivity contribution in [2.45, 2.75) is 26.2 Å². The van der Waals surface area contributed by atoms with Gasteiger partial charge in [-0.15, -0.1) is 0 Å². The van der Waals surface area contributed by atoms with Crippen LogP contribution in [0.1, 0.15) is 26.2 Å². The van der Waals surface area contributed by atoms with Gasteiger partial charge in [-0.05, 0) is 38.3 Å². The third kappa shape index (κ3) is 4.90. The zero-order valence-electron chi connectivity index (χ0n) is 12.4. The predicted octanol–water partition coefficient (Wildman–Crippen LogP) is 2.80. The number of rotatable bonds is 7. The molecule has 1 aliphatic rings. The lowest BCUT2D eigenvalue weighted by Gasteiger charge is -2.23. The second-order valence-corrected chi connectivity index (χ2v) is 5.40. The monoisotopic (exact) mass is 293 g/mol. The molecule has 1 aromatic rings. The van der Waals surface area contributed by atoms with Crippen LogP contribution in [-0.2, 0) is 0 Å². The first kappa shape index (κ1) is 15.6. The van der Waals surface area contributed by atoms with Crippen molar-refractivity contribution >= 4 is 11.4 Å². The molecule has 0 saturated carbocycles. The first-order valence-corrected chi connectivity index (χ1v) is 7.56. The molecule has 0 spiro atoms. The Kier molecular flexibility index (Phi) is 5.80. The standard InChI is InChI=1S/C15H23N3O3/c1-2-7-21-15-9-13(8-14(10-15)18(19)20)17-11-12-3-5-16-6-4-12/h8-10,12,16-17H,2-7,11H2,1H3. The Bertz CT molecular complexity index is 473. The number of nitro benzene ring substituents is 1. The van der Waals surface area contributed by atoms with Gasteiger partial charge in [0.25, 0.3) is 5.69 Å². The van der Waals surface area contributed by atoms with Crippen LogP contribution in [0.25, 0.3) is 0 Å². The molecule has 0 aliphatic carbocycles. The molecule has 0 bridgehead atoms. The molecule has 0 atom stereocenters. The molecule has 21 heavy (non-hydrogen) atoms. The van der Waals surface area contributed by atoms with Crippen molar-refractivity contribution in [2.24, 2.45) is 5.92 Å². The Morgan fingerprint density at radius 1 is 1.38 bits per heavy atom. The van der Waals surface area contributed by atoms with E-state index in [0.717, 1.165) is 44.6 Å². The minimum absolute atomic E-state index is 0.0661. The van der Waals surface area contributed by atoms with Crippen molar-refractivity contribution in [3.63, 3.8) is 0 Å². The van der Waals surface area contributed by atoms with E-state index in [4.69, 9.17) is 4.74 Å². The van der Waals surface area contributed by atoms with Gasteiger partial charge in [-0.3, -0.25) is 10.1 Å². The maximum absolute atomic E-state index is 11.0. The van der Waals surface area contributed by atoms with Gasteiger partial charge in [0, 0.05) is 24.4 Å². The van der Waals surface area contributed by atoms with Crippen LogP contribution in [0.2, 0.25) is 0 Å². The van der Waals surface area contributed by atoms with Gasteiger partial charge in [-0.25, -0.2) is 0 Å². The van der Waals surface area contributed by atoms with Gasteiger partial charge in [0.2, 0.25) is 0 Å². The molecule has 1 fully saturated rings. The number of nitro groups is 1.